The molecule has 1 aliphatic heterocycles. The van der Waals surface area contributed by atoms with Gasteiger partial charge in [-0.3, -0.25) is 4.79 Å². The van der Waals surface area contributed by atoms with Gasteiger partial charge in [0.25, 0.3) is 0 Å². The number of thioether (sulfide) groups is 1. The van der Waals surface area contributed by atoms with Gasteiger partial charge in [-0.1, -0.05) is 25.7 Å². The van der Waals surface area contributed by atoms with Crippen LogP contribution >= 0.6 is 11.8 Å². The lowest BCUT2D eigenvalue weighted by Crippen LogP contribution is -2.41. The molecule has 0 bridgehead atoms. The lowest BCUT2D eigenvalue weighted by molar-refractivity contribution is -0.135. The van der Waals surface area contributed by atoms with Crippen LogP contribution in [0.15, 0.2) is 0 Å². The van der Waals surface area contributed by atoms with Crippen LogP contribution in [0.2, 0.25) is 0 Å². The van der Waals surface area contributed by atoms with Gasteiger partial charge in [-0.2, -0.15) is 11.8 Å². The van der Waals surface area contributed by atoms with Crippen molar-refractivity contribution in [3.63, 3.8) is 0 Å². The zero-order valence-electron chi connectivity index (χ0n) is 9.41. The Morgan fingerprint density at radius 2 is 1.60 bits per heavy atom. The number of hydrogen-bond donors (Lipinski definition) is 0. The van der Waals surface area contributed by atoms with Crippen molar-refractivity contribution < 1.29 is 4.79 Å². The fourth-order valence-electron chi connectivity index (χ4n) is 2.57. The summed E-state index contributed by atoms with van der Waals surface area (Å²) in [5, 5.41) is 0. The van der Waals surface area contributed by atoms with Gasteiger partial charge < -0.3 is 4.90 Å². The molecule has 2 rings (SSSR count). The second-order valence-electron chi connectivity index (χ2n) is 4.63. The summed E-state index contributed by atoms with van der Waals surface area (Å²) in [6, 6.07) is 0. The Hall–Kier alpha value is -0.180. The van der Waals surface area contributed by atoms with E-state index in [0.29, 0.717) is 11.8 Å². The van der Waals surface area contributed by atoms with Crippen LogP contribution in [0, 0.1) is 5.92 Å². The minimum atomic E-state index is 0.357. The highest BCUT2D eigenvalue weighted by Crippen LogP contribution is 2.25. The first kappa shape index (κ1) is 11.3. The van der Waals surface area contributed by atoms with Gasteiger partial charge in [-0.05, 0) is 12.8 Å². The first-order valence-corrected chi connectivity index (χ1v) is 7.40. The van der Waals surface area contributed by atoms with E-state index in [9.17, 15) is 4.79 Å². The molecule has 0 aromatic heterocycles. The molecule has 2 aliphatic rings. The largest absolute Gasteiger partial charge is 0.341 e. The Balaban J connectivity index is 1.87. The van der Waals surface area contributed by atoms with Gasteiger partial charge >= 0.3 is 0 Å². The van der Waals surface area contributed by atoms with Crippen molar-refractivity contribution in [2.24, 2.45) is 5.92 Å². The molecule has 0 aromatic carbocycles. The van der Waals surface area contributed by atoms with Gasteiger partial charge in [0.2, 0.25) is 5.91 Å². The summed E-state index contributed by atoms with van der Waals surface area (Å²) in [5.74, 6) is 3.09. The van der Waals surface area contributed by atoms with Crippen molar-refractivity contribution in [2.45, 2.75) is 38.5 Å². The smallest absolute Gasteiger partial charge is 0.225 e. The van der Waals surface area contributed by atoms with E-state index in [1.165, 1.54) is 25.7 Å². The third kappa shape index (κ3) is 3.13. The lowest BCUT2D eigenvalue weighted by atomic mass is 9.99. The van der Waals surface area contributed by atoms with Crippen LogP contribution in [0.5, 0.6) is 0 Å². The molecule has 0 aromatic rings. The minimum absolute atomic E-state index is 0.357. The van der Waals surface area contributed by atoms with E-state index < -0.39 is 0 Å². The fraction of sp³-hybridized carbons (Fsp3) is 0.917. The summed E-state index contributed by atoms with van der Waals surface area (Å²) < 4.78 is 0. The average Bonchev–Trinajstić information content (AvgIpc) is 2.58. The zero-order chi connectivity index (χ0) is 10.5. The van der Waals surface area contributed by atoms with Crippen molar-refractivity contribution in [3.8, 4) is 0 Å². The molecular formula is C12H21NOS. The average molecular weight is 227 g/mol. The number of amides is 1. The maximum atomic E-state index is 12.2. The quantitative estimate of drug-likeness (QED) is 0.642. The maximum Gasteiger partial charge on any atom is 0.225 e. The normalized spacial score (nSPS) is 24.9. The van der Waals surface area contributed by atoms with Crippen molar-refractivity contribution in [2.75, 3.05) is 24.6 Å². The molecule has 2 fully saturated rings. The van der Waals surface area contributed by atoms with Crippen LogP contribution in [-0.4, -0.2) is 35.4 Å². The molecule has 3 heteroatoms. The molecule has 0 radical (unpaired) electrons. The highest BCUT2D eigenvalue weighted by molar-refractivity contribution is 7.99. The number of hydrogen-bond acceptors (Lipinski definition) is 2. The Bertz CT molecular complexity index is 206. The summed E-state index contributed by atoms with van der Waals surface area (Å²) in [6.45, 7) is 1.97. The van der Waals surface area contributed by atoms with E-state index in [2.05, 4.69) is 4.90 Å². The summed E-state index contributed by atoms with van der Waals surface area (Å²) in [6.07, 6.45) is 7.47. The third-order valence-electron chi connectivity index (χ3n) is 3.53. The van der Waals surface area contributed by atoms with Gasteiger partial charge in [-0.15, -0.1) is 0 Å². The molecule has 0 spiro atoms. The monoisotopic (exact) mass is 227 g/mol. The topological polar surface area (TPSA) is 20.3 Å². The van der Waals surface area contributed by atoms with Crippen LogP contribution in [0.4, 0.5) is 0 Å². The van der Waals surface area contributed by atoms with Gasteiger partial charge in [0.1, 0.15) is 0 Å². The van der Waals surface area contributed by atoms with E-state index in [4.69, 9.17) is 0 Å². The summed E-state index contributed by atoms with van der Waals surface area (Å²) in [4.78, 5) is 14.3. The SMILES string of the molecule is O=C(C1CCCCCC1)N1CCSCC1. The van der Waals surface area contributed by atoms with Crippen LogP contribution in [0.25, 0.3) is 0 Å². The van der Waals surface area contributed by atoms with Crippen LogP contribution in [0.1, 0.15) is 38.5 Å². The van der Waals surface area contributed by atoms with Gasteiger partial charge in [0.15, 0.2) is 0 Å². The molecule has 0 atom stereocenters. The predicted molar refractivity (Wildman–Crippen MR) is 65.1 cm³/mol. The maximum absolute atomic E-state index is 12.2. The van der Waals surface area contributed by atoms with Crippen LogP contribution in [0.3, 0.4) is 0 Å². The highest BCUT2D eigenvalue weighted by atomic mass is 32.2. The molecule has 0 unspecified atom stereocenters. The van der Waals surface area contributed by atoms with E-state index in [1.54, 1.807) is 0 Å². The zero-order valence-corrected chi connectivity index (χ0v) is 10.2. The van der Waals surface area contributed by atoms with Gasteiger partial charge in [0.05, 0.1) is 0 Å². The Labute approximate surface area is 96.8 Å². The standard InChI is InChI=1S/C12H21NOS/c14-12(13-7-9-15-10-8-13)11-5-3-1-2-4-6-11/h11H,1-10H2. The van der Waals surface area contributed by atoms with Crippen LogP contribution in [-0.2, 0) is 4.79 Å². The van der Waals surface area contributed by atoms with E-state index in [1.807, 2.05) is 11.8 Å². The van der Waals surface area contributed by atoms with Crippen molar-refractivity contribution in [3.05, 3.63) is 0 Å². The molecular weight excluding hydrogens is 206 g/mol. The van der Waals surface area contributed by atoms with E-state index >= 15 is 0 Å². The van der Waals surface area contributed by atoms with E-state index in [-0.39, 0.29) is 0 Å². The Morgan fingerprint density at radius 1 is 1.00 bits per heavy atom. The summed E-state index contributed by atoms with van der Waals surface area (Å²) >= 11 is 1.97. The molecule has 1 heterocycles. The van der Waals surface area contributed by atoms with E-state index in [0.717, 1.165) is 37.4 Å². The molecule has 1 saturated carbocycles. The summed E-state index contributed by atoms with van der Waals surface area (Å²) in [7, 11) is 0. The van der Waals surface area contributed by atoms with Crippen LogP contribution < -0.4 is 0 Å². The number of carbonyl (C=O) groups is 1. The number of rotatable bonds is 1. The van der Waals surface area contributed by atoms with Crippen molar-refractivity contribution in [1.29, 1.82) is 0 Å². The fourth-order valence-corrected chi connectivity index (χ4v) is 3.47. The molecule has 1 amide bonds. The molecule has 2 nitrogen and oxygen atoms in total. The predicted octanol–water partition coefficient (Wildman–Crippen LogP) is 2.53. The molecule has 15 heavy (non-hydrogen) atoms. The molecule has 0 N–H and O–H groups in total. The van der Waals surface area contributed by atoms with Gasteiger partial charge in [-0.25, -0.2) is 0 Å². The number of carbonyl (C=O) groups excluding carboxylic acids is 1. The third-order valence-corrected chi connectivity index (χ3v) is 4.47. The van der Waals surface area contributed by atoms with Gasteiger partial charge in [0, 0.05) is 30.5 Å². The minimum Gasteiger partial charge on any atom is -0.341 e. The first-order chi connectivity index (χ1) is 7.38. The molecule has 1 saturated heterocycles. The highest BCUT2D eigenvalue weighted by Gasteiger charge is 2.25. The Morgan fingerprint density at radius 3 is 2.20 bits per heavy atom. The second kappa shape index (κ2) is 5.78. The van der Waals surface area contributed by atoms with Crippen molar-refractivity contribution in [1.82, 2.24) is 4.90 Å². The lowest BCUT2D eigenvalue weighted by Gasteiger charge is -2.29. The first-order valence-electron chi connectivity index (χ1n) is 6.24. The molecule has 86 valence electrons. The molecule has 1 aliphatic carbocycles. The number of nitrogens with zero attached hydrogens (tertiary/aromatic N) is 1. The van der Waals surface area contributed by atoms with Crippen molar-refractivity contribution >= 4 is 17.7 Å². The Kier molecular flexibility index (Phi) is 4.36. The second-order valence-corrected chi connectivity index (χ2v) is 5.85. The summed E-state index contributed by atoms with van der Waals surface area (Å²) in [5.41, 5.74) is 0.